The van der Waals surface area contributed by atoms with E-state index in [-0.39, 0.29) is 11.9 Å². The number of carbonyl (C=O) groups excluding carboxylic acids is 1. The Balaban J connectivity index is 2.47. The fourth-order valence-electron chi connectivity index (χ4n) is 1.59. The molecule has 0 aliphatic rings. The standard InChI is InChI=1S/C12H19BrN2OS/c1-4-15(5-2)12(16)9(3)14-8-11-10(13)6-7-17-11/h6-7,9,14H,4-5,8H2,1-3H3. The van der Waals surface area contributed by atoms with Crippen LogP contribution in [0.2, 0.25) is 0 Å². The lowest BCUT2D eigenvalue weighted by atomic mass is 10.2. The number of carbonyl (C=O) groups is 1. The summed E-state index contributed by atoms with van der Waals surface area (Å²) >= 11 is 5.17. The molecule has 1 unspecified atom stereocenters. The molecule has 1 heterocycles. The monoisotopic (exact) mass is 318 g/mol. The Morgan fingerprint density at radius 3 is 2.65 bits per heavy atom. The van der Waals surface area contributed by atoms with E-state index in [4.69, 9.17) is 0 Å². The summed E-state index contributed by atoms with van der Waals surface area (Å²) in [4.78, 5) is 15.1. The van der Waals surface area contributed by atoms with Gasteiger partial charge in [-0.05, 0) is 48.1 Å². The van der Waals surface area contributed by atoms with Crippen molar-refractivity contribution in [1.29, 1.82) is 0 Å². The first kappa shape index (κ1) is 14.7. The first-order chi connectivity index (χ1) is 8.10. The summed E-state index contributed by atoms with van der Waals surface area (Å²) in [5.41, 5.74) is 0. The van der Waals surface area contributed by atoms with Crippen molar-refractivity contribution in [1.82, 2.24) is 10.2 Å². The maximum Gasteiger partial charge on any atom is 0.239 e. The van der Waals surface area contributed by atoms with E-state index < -0.39 is 0 Å². The van der Waals surface area contributed by atoms with Gasteiger partial charge in [0.2, 0.25) is 5.91 Å². The van der Waals surface area contributed by atoms with Crippen LogP contribution in [0.15, 0.2) is 15.9 Å². The van der Waals surface area contributed by atoms with Gasteiger partial charge in [0.15, 0.2) is 0 Å². The summed E-state index contributed by atoms with van der Waals surface area (Å²) in [7, 11) is 0. The van der Waals surface area contributed by atoms with Crippen LogP contribution in [0, 0.1) is 0 Å². The van der Waals surface area contributed by atoms with Gasteiger partial charge in [-0.25, -0.2) is 0 Å². The highest BCUT2D eigenvalue weighted by molar-refractivity contribution is 9.10. The molecule has 5 heteroatoms. The molecule has 1 N–H and O–H groups in total. The predicted octanol–water partition coefficient (Wildman–Crippen LogP) is 2.86. The molecular formula is C12H19BrN2OS. The second-order valence-corrected chi connectivity index (χ2v) is 5.66. The Bertz CT molecular complexity index is 363. The van der Waals surface area contributed by atoms with Gasteiger partial charge in [0.1, 0.15) is 0 Å². The van der Waals surface area contributed by atoms with E-state index in [1.54, 1.807) is 11.3 Å². The van der Waals surface area contributed by atoms with Gasteiger partial charge < -0.3 is 10.2 Å². The molecule has 0 saturated heterocycles. The minimum atomic E-state index is -0.135. The molecule has 1 atom stereocenters. The van der Waals surface area contributed by atoms with Crippen LogP contribution in [0.1, 0.15) is 25.6 Å². The van der Waals surface area contributed by atoms with Crippen LogP contribution in [0.25, 0.3) is 0 Å². The average molecular weight is 319 g/mol. The molecule has 1 aromatic rings. The third-order valence-corrected chi connectivity index (χ3v) is 4.63. The quantitative estimate of drug-likeness (QED) is 0.874. The largest absolute Gasteiger partial charge is 0.342 e. The van der Waals surface area contributed by atoms with Crippen LogP contribution in [-0.2, 0) is 11.3 Å². The highest BCUT2D eigenvalue weighted by atomic mass is 79.9. The third kappa shape index (κ3) is 4.08. The fraction of sp³-hybridized carbons (Fsp3) is 0.583. The van der Waals surface area contributed by atoms with Crippen molar-refractivity contribution < 1.29 is 4.79 Å². The molecule has 0 saturated carbocycles. The molecule has 1 aromatic heterocycles. The summed E-state index contributed by atoms with van der Waals surface area (Å²) in [5, 5.41) is 5.30. The Labute approximate surface area is 115 Å². The van der Waals surface area contributed by atoms with Crippen LogP contribution in [0.3, 0.4) is 0 Å². The van der Waals surface area contributed by atoms with Crippen molar-refractivity contribution in [3.63, 3.8) is 0 Å². The summed E-state index contributed by atoms with van der Waals surface area (Å²) in [6.45, 7) is 8.19. The fourth-order valence-corrected chi connectivity index (χ4v) is 3.04. The van der Waals surface area contributed by atoms with Gasteiger partial charge in [0.05, 0.1) is 6.04 Å². The molecule has 0 radical (unpaired) electrons. The van der Waals surface area contributed by atoms with Gasteiger partial charge in [0.25, 0.3) is 0 Å². The van der Waals surface area contributed by atoms with Gasteiger partial charge in [-0.2, -0.15) is 0 Å². The van der Waals surface area contributed by atoms with Crippen LogP contribution in [-0.4, -0.2) is 29.9 Å². The van der Waals surface area contributed by atoms with Crippen molar-refractivity contribution in [3.8, 4) is 0 Å². The zero-order valence-electron chi connectivity index (χ0n) is 10.5. The molecule has 0 aromatic carbocycles. The highest BCUT2D eigenvalue weighted by Crippen LogP contribution is 2.22. The second-order valence-electron chi connectivity index (χ2n) is 3.80. The van der Waals surface area contributed by atoms with Gasteiger partial charge >= 0.3 is 0 Å². The van der Waals surface area contributed by atoms with E-state index in [9.17, 15) is 4.79 Å². The Kier molecular flexibility index (Phi) is 6.16. The summed E-state index contributed by atoms with van der Waals surface area (Å²) in [6.07, 6.45) is 0. The lowest BCUT2D eigenvalue weighted by molar-refractivity contribution is -0.132. The van der Waals surface area contributed by atoms with E-state index in [0.717, 1.165) is 24.1 Å². The Morgan fingerprint density at radius 1 is 1.53 bits per heavy atom. The minimum absolute atomic E-state index is 0.135. The Hall–Kier alpha value is -0.390. The van der Waals surface area contributed by atoms with E-state index in [1.165, 1.54) is 4.88 Å². The molecule has 0 aliphatic heterocycles. The molecule has 1 rings (SSSR count). The normalized spacial score (nSPS) is 12.5. The smallest absolute Gasteiger partial charge is 0.239 e. The summed E-state index contributed by atoms with van der Waals surface area (Å²) in [6, 6.07) is 1.89. The minimum Gasteiger partial charge on any atom is -0.342 e. The molecule has 3 nitrogen and oxygen atoms in total. The molecule has 17 heavy (non-hydrogen) atoms. The number of hydrogen-bond acceptors (Lipinski definition) is 3. The number of halogens is 1. The number of hydrogen-bond donors (Lipinski definition) is 1. The van der Waals surface area contributed by atoms with E-state index in [1.807, 2.05) is 37.1 Å². The molecule has 0 aliphatic carbocycles. The SMILES string of the molecule is CCN(CC)C(=O)C(C)NCc1sccc1Br. The zero-order valence-corrected chi connectivity index (χ0v) is 12.9. The lowest BCUT2D eigenvalue weighted by Crippen LogP contribution is -2.44. The summed E-state index contributed by atoms with van der Waals surface area (Å²) < 4.78 is 1.11. The number of amides is 1. The van der Waals surface area contributed by atoms with Gasteiger partial charge in [-0.15, -0.1) is 11.3 Å². The maximum atomic E-state index is 12.0. The van der Waals surface area contributed by atoms with E-state index in [0.29, 0.717) is 0 Å². The van der Waals surface area contributed by atoms with Crippen molar-refractivity contribution in [2.45, 2.75) is 33.4 Å². The number of nitrogens with zero attached hydrogens (tertiary/aromatic N) is 1. The Morgan fingerprint density at radius 2 is 2.18 bits per heavy atom. The van der Waals surface area contributed by atoms with Gasteiger partial charge in [-0.1, -0.05) is 0 Å². The molecule has 0 fully saturated rings. The highest BCUT2D eigenvalue weighted by Gasteiger charge is 2.17. The van der Waals surface area contributed by atoms with E-state index >= 15 is 0 Å². The van der Waals surface area contributed by atoms with Gasteiger partial charge in [0, 0.05) is 29.0 Å². The van der Waals surface area contributed by atoms with Crippen LogP contribution in [0.4, 0.5) is 0 Å². The number of nitrogens with one attached hydrogen (secondary N) is 1. The van der Waals surface area contributed by atoms with Crippen molar-refractivity contribution >= 4 is 33.2 Å². The van der Waals surface area contributed by atoms with E-state index in [2.05, 4.69) is 21.2 Å². The number of thiophene rings is 1. The first-order valence-electron chi connectivity index (χ1n) is 5.84. The van der Waals surface area contributed by atoms with Crippen molar-refractivity contribution in [3.05, 3.63) is 20.8 Å². The number of likely N-dealkylation sites (N-methyl/N-ethyl adjacent to an activating group) is 1. The molecule has 0 spiro atoms. The van der Waals surface area contributed by atoms with Crippen LogP contribution in [0.5, 0.6) is 0 Å². The zero-order chi connectivity index (χ0) is 12.8. The predicted molar refractivity (Wildman–Crippen MR) is 76.2 cm³/mol. The molecule has 1 amide bonds. The first-order valence-corrected chi connectivity index (χ1v) is 7.51. The molecule has 0 bridgehead atoms. The molecular weight excluding hydrogens is 300 g/mol. The topological polar surface area (TPSA) is 32.3 Å². The average Bonchev–Trinajstić information content (AvgIpc) is 2.73. The van der Waals surface area contributed by atoms with Crippen LogP contribution >= 0.6 is 27.3 Å². The maximum absolute atomic E-state index is 12.0. The van der Waals surface area contributed by atoms with Gasteiger partial charge in [-0.3, -0.25) is 4.79 Å². The van der Waals surface area contributed by atoms with Crippen molar-refractivity contribution in [2.75, 3.05) is 13.1 Å². The lowest BCUT2D eigenvalue weighted by Gasteiger charge is -2.23. The molecule has 96 valence electrons. The third-order valence-electron chi connectivity index (χ3n) is 2.71. The summed E-state index contributed by atoms with van der Waals surface area (Å²) in [5.74, 6) is 0.169. The van der Waals surface area contributed by atoms with Crippen LogP contribution < -0.4 is 5.32 Å². The number of rotatable bonds is 6. The second kappa shape index (κ2) is 7.13. The van der Waals surface area contributed by atoms with Crippen molar-refractivity contribution in [2.24, 2.45) is 0 Å².